The van der Waals surface area contributed by atoms with Gasteiger partial charge in [0, 0.05) is 12.1 Å². The zero-order chi connectivity index (χ0) is 11.1. The molecule has 0 bridgehead atoms. The second-order valence-electron chi connectivity index (χ2n) is 5.61. The summed E-state index contributed by atoms with van der Waals surface area (Å²) in [4.78, 5) is 0. The standard InChI is InChI=1S/C12H23NO2/c1-11-6-2-3-10(15)12(11,13)7-4-9(11)5-8-14/h9-10,14-15H,2-8,13H2,1H3/t9?,10-,11?,12+/m0/s1. The third-order valence-electron chi connectivity index (χ3n) is 5.12. The van der Waals surface area contributed by atoms with Gasteiger partial charge in [-0.15, -0.1) is 0 Å². The molecule has 0 aromatic carbocycles. The van der Waals surface area contributed by atoms with Crippen LogP contribution < -0.4 is 5.73 Å². The molecule has 2 unspecified atom stereocenters. The average molecular weight is 213 g/mol. The molecule has 4 atom stereocenters. The predicted molar refractivity (Wildman–Crippen MR) is 59.3 cm³/mol. The van der Waals surface area contributed by atoms with Gasteiger partial charge in [0.15, 0.2) is 0 Å². The first kappa shape index (κ1) is 11.4. The van der Waals surface area contributed by atoms with Crippen molar-refractivity contribution in [3.63, 3.8) is 0 Å². The molecule has 0 saturated heterocycles. The summed E-state index contributed by atoms with van der Waals surface area (Å²) in [6.07, 6.45) is 5.48. The highest BCUT2D eigenvalue weighted by Gasteiger charge is 2.59. The second kappa shape index (κ2) is 3.72. The molecule has 2 fully saturated rings. The Morgan fingerprint density at radius 2 is 2.07 bits per heavy atom. The first-order valence-electron chi connectivity index (χ1n) is 6.12. The van der Waals surface area contributed by atoms with Gasteiger partial charge in [0.1, 0.15) is 0 Å². The van der Waals surface area contributed by atoms with Crippen molar-refractivity contribution < 1.29 is 10.2 Å². The topological polar surface area (TPSA) is 66.5 Å². The number of hydrogen-bond donors (Lipinski definition) is 3. The zero-order valence-corrected chi connectivity index (χ0v) is 9.58. The summed E-state index contributed by atoms with van der Waals surface area (Å²) in [6, 6.07) is 0. The van der Waals surface area contributed by atoms with Crippen LogP contribution in [0.1, 0.15) is 45.4 Å². The molecule has 0 aliphatic heterocycles. The van der Waals surface area contributed by atoms with Crippen LogP contribution in [0.3, 0.4) is 0 Å². The van der Waals surface area contributed by atoms with E-state index in [4.69, 9.17) is 10.8 Å². The fourth-order valence-electron chi connectivity index (χ4n) is 3.92. The Kier molecular flexibility index (Phi) is 2.82. The predicted octanol–water partition coefficient (Wildman–Crippen LogP) is 1.03. The fourth-order valence-corrected chi connectivity index (χ4v) is 3.92. The van der Waals surface area contributed by atoms with Crippen LogP contribution in [0.5, 0.6) is 0 Å². The smallest absolute Gasteiger partial charge is 0.0725 e. The largest absolute Gasteiger partial charge is 0.396 e. The van der Waals surface area contributed by atoms with Crippen LogP contribution in [0, 0.1) is 11.3 Å². The van der Waals surface area contributed by atoms with Gasteiger partial charge < -0.3 is 15.9 Å². The Hall–Kier alpha value is -0.120. The van der Waals surface area contributed by atoms with Crippen LogP contribution in [0.2, 0.25) is 0 Å². The van der Waals surface area contributed by atoms with Crippen molar-refractivity contribution in [3.8, 4) is 0 Å². The van der Waals surface area contributed by atoms with E-state index < -0.39 is 5.54 Å². The summed E-state index contributed by atoms with van der Waals surface area (Å²) >= 11 is 0. The quantitative estimate of drug-likeness (QED) is 0.642. The monoisotopic (exact) mass is 213 g/mol. The summed E-state index contributed by atoms with van der Waals surface area (Å²) in [5, 5.41) is 19.2. The summed E-state index contributed by atoms with van der Waals surface area (Å²) in [5.74, 6) is 0.488. The lowest BCUT2D eigenvalue weighted by Crippen LogP contribution is -2.62. The maximum absolute atomic E-state index is 10.1. The van der Waals surface area contributed by atoms with E-state index in [0.29, 0.717) is 5.92 Å². The minimum absolute atomic E-state index is 0.0351. The van der Waals surface area contributed by atoms with Gasteiger partial charge in [0.2, 0.25) is 0 Å². The van der Waals surface area contributed by atoms with E-state index in [9.17, 15) is 5.11 Å². The van der Waals surface area contributed by atoms with Crippen LogP contribution >= 0.6 is 0 Å². The van der Waals surface area contributed by atoms with E-state index in [-0.39, 0.29) is 18.1 Å². The first-order chi connectivity index (χ1) is 7.04. The summed E-state index contributed by atoms with van der Waals surface area (Å²) in [7, 11) is 0. The van der Waals surface area contributed by atoms with Crippen molar-refractivity contribution in [3.05, 3.63) is 0 Å². The highest BCUT2D eigenvalue weighted by Crippen LogP contribution is 2.57. The Labute approximate surface area is 91.7 Å². The molecule has 0 heterocycles. The number of aliphatic hydroxyl groups is 2. The molecule has 2 rings (SSSR count). The third-order valence-corrected chi connectivity index (χ3v) is 5.12. The van der Waals surface area contributed by atoms with Crippen LogP contribution in [-0.4, -0.2) is 28.5 Å². The van der Waals surface area contributed by atoms with Crippen molar-refractivity contribution in [2.45, 2.75) is 57.1 Å². The summed E-state index contributed by atoms with van der Waals surface area (Å²) < 4.78 is 0. The van der Waals surface area contributed by atoms with Crippen molar-refractivity contribution in [1.82, 2.24) is 0 Å². The molecule has 15 heavy (non-hydrogen) atoms. The molecule has 88 valence electrons. The van der Waals surface area contributed by atoms with E-state index >= 15 is 0 Å². The maximum Gasteiger partial charge on any atom is 0.0725 e. The molecule has 0 aromatic rings. The van der Waals surface area contributed by atoms with Crippen LogP contribution in [-0.2, 0) is 0 Å². The summed E-state index contributed by atoms with van der Waals surface area (Å²) in [5.41, 5.74) is 6.07. The van der Waals surface area contributed by atoms with Gasteiger partial charge >= 0.3 is 0 Å². The van der Waals surface area contributed by atoms with Crippen LogP contribution in [0.4, 0.5) is 0 Å². The number of hydrogen-bond acceptors (Lipinski definition) is 3. The van der Waals surface area contributed by atoms with Gasteiger partial charge in [-0.2, -0.15) is 0 Å². The van der Waals surface area contributed by atoms with Gasteiger partial charge in [-0.1, -0.05) is 13.3 Å². The molecular weight excluding hydrogens is 190 g/mol. The average Bonchev–Trinajstić information content (AvgIpc) is 2.45. The molecule has 0 radical (unpaired) electrons. The van der Waals surface area contributed by atoms with Crippen molar-refractivity contribution >= 4 is 0 Å². The number of nitrogens with two attached hydrogens (primary N) is 1. The minimum atomic E-state index is -0.398. The highest BCUT2D eigenvalue weighted by atomic mass is 16.3. The number of aliphatic hydroxyl groups excluding tert-OH is 2. The maximum atomic E-state index is 10.1. The van der Waals surface area contributed by atoms with Gasteiger partial charge in [-0.25, -0.2) is 0 Å². The van der Waals surface area contributed by atoms with Crippen molar-refractivity contribution in [2.75, 3.05) is 6.61 Å². The van der Waals surface area contributed by atoms with Gasteiger partial charge in [0.05, 0.1) is 6.10 Å². The number of fused-ring (bicyclic) bond motifs is 1. The molecule has 2 aliphatic carbocycles. The van der Waals surface area contributed by atoms with Crippen LogP contribution in [0.25, 0.3) is 0 Å². The van der Waals surface area contributed by atoms with E-state index in [1.807, 2.05) is 0 Å². The highest BCUT2D eigenvalue weighted by molar-refractivity contribution is 5.14. The number of rotatable bonds is 2. The van der Waals surface area contributed by atoms with E-state index in [1.54, 1.807) is 0 Å². The van der Waals surface area contributed by atoms with Crippen molar-refractivity contribution in [2.24, 2.45) is 17.1 Å². The van der Waals surface area contributed by atoms with E-state index in [2.05, 4.69) is 6.92 Å². The zero-order valence-electron chi connectivity index (χ0n) is 9.58. The molecule has 0 aromatic heterocycles. The fraction of sp³-hybridized carbons (Fsp3) is 1.00. The molecule has 4 N–H and O–H groups in total. The molecule has 3 nitrogen and oxygen atoms in total. The van der Waals surface area contributed by atoms with Crippen LogP contribution in [0.15, 0.2) is 0 Å². The molecular formula is C12H23NO2. The minimum Gasteiger partial charge on any atom is -0.396 e. The molecule has 2 saturated carbocycles. The Morgan fingerprint density at radius 3 is 2.73 bits per heavy atom. The molecule has 0 spiro atoms. The Morgan fingerprint density at radius 1 is 1.33 bits per heavy atom. The van der Waals surface area contributed by atoms with Gasteiger partial charge in [-0.05, 0) is 43.4 Å². The first-order valence-corrected chi connectivity index (χ1v) is 6.12. The molecule has 0 amide bonds. The SMILES string of the molecule is CC12CCC[C@H](O)[C@]1(N)CCC2CCO. The second-order valence-corrected chi connectivity index (χ2v) is 5.61. The summed E-state index contributed by atoms with van der Waals surface area (Å²) in [6.45, 7) is 2.45. The lowest BCUT2D eigenvalue weighted by molar-refractivity contribution is -0.0429. The van der Waals surface area contributed by atoms with Crippen molar-refractivity contribution in [1.29, 1.82) is 0 Å². The molecule has 3 heteroatoms. The lowest BCUT2D eigenvalue weighted by atomic mass is 9.59. The van der Waals surface area contributed by atoms with E-state index in [1.165, 1.54) is 0 Å². The molecule has 2 aliphatic rings. The Bertz CT molecular complexity index is 246. The normalized spacial score (nSPS) is 50.4. The lowest BCUT2D eigenvalue weighted by Gasteiger charge is -2.50. The third kappa shape index (κ3) is 1.44. The van der Waals surface area contributed by atoms with E-state index in [0.717, 1.165) is 38.5 Å². The Balaban J connectivity index is 2.24. The van der Waals surface area contributed by atoms with Gasteiger partial charge in [-0.3, -0.25) is 0 Å². The van der Waals surface area contributed by atoms with Gasteiger partial charge in [0.25, 0.3) is 0 Å².